The Morgan fingerprint density at radius 1 is 1.44 bits per heavy atom. The highest BCUT2D eigenvalue weighted by Gasteiger charge is 2.46. The van der Waals surface area contributed by atoms with Crippen molar-refractivity contribution in [2.75, 3.05) is 6.61 Å². The molecule has 1 atom stereocenters. The Hall–Kier alpha value is -0.0800. The largest absolute Gasteiger partial charge is 0.365 e. The summed E-state index contributed by atoms with van der Waals surface area (Å²) >= 11 is 0. The summed E-state index contributed by atoms with van der Waals surface area (Å²) in [5.74, 6) is 0.451. The summed E-state index contributed by atoms with van der Waals surface area (Å²) in [7, 11) is 0. The second kappa shape index (κ2) is 1.70. The molecule has 51 valence electrons. The molecule has 1 unspecified atom stereocenters. The van der Waals surface area contributed by atoms with Crippen molar-refractivity contribution in [2.45, 2.75) is 31.5 Å². The van der Waals surface area contributed by atoms with Gasteiger partial charge < -0.3 is 9.84 Å². The highest BCUT2D eigenvalue weighted by atomic mass is 16.6. The predicted molar refractivity (Wildman–Crippen MR) is 32.6 cm³/mol. The molecule has 1 N–H and O–H groups in total. The molecule has 1 aliphatic carbocycles. The summed E-state index contributed by atoms with van der Waals surface area (Å²) in [6.45, 7) is 0.736. The van der Waals surface area contributed by atoms with Gasteiger partial charge in [-0.2, -0.15) is 0 Å². The van der Waals surface area contributed by atoms with Crippen LogP contribution in [0.25, 0.3) is 0 Å². The molecule has 1 saturated heterocycles. The Kier molecular flexibility index (Phi) is 1.08. The van der Waals surface area contributed by atoms with Crippen molar-refractivity contribution in [2.24, 2.45) is 0 Å². The van der Waals surface area contributed by atoms with E-state index >= 15 is 0 Å². The average Bonchev–Trinajstić information content (AvgIpc) is 1.56. The lowest BCUT2D eigenvalue weighted by Gasteiger charge is -2.46. The molecule has 0 amide bonds. The number of hydrogen-bond acceptors (Lipinski definition) is 2. The van der Waals surface area contributed by atoms with E-state index in [1.165, 1.54) is 12.3 Å². The zero-order valence-corrected chi connectivity index (χ0v) is 5.39. The Balaban J connectivity index is 1.94. The SMILES string of the molecule is OC1([C]2CCC2)CCO1. The number of hydrogen-bond donors (Lipinski definition) is 1. The van der Waals surface area contributed by atoms with E-state index in [1.807, 2.05) is 0 Å². The van der Waals surface area contributed by atoms with Gasteiger partial charge in [-0.05, 0) is 12.8 Å². The molecule has 2 nitrogen and oxygen atoms in total. The van der Waals surface area contributed by atoms with E-state index in [-0.39, 0.29) is 0 Å². The van der Waals surface area contributed by atoms with Crippen molar-refractivity contribution in [3.8, 4) is 0 Å². The second-order valence-electron chi connectivity index (χ2n) is 2.84. The minimum atomic E-state index is -0.766. The van der Waals surface area contributed by atoms with E-state index in [2.05, 4.69) is 0 Å². The van der Waals surface area contributed by atoms with Crippen molar-refractivity contribution in [3.63, 3.8) is 0 Å². The molecular formula is C7H11O2. The van der Waals surface area contributed by atoms with Crippen molar-refractivity contribution >= 4 is 0 Å². The third-order valence-electron chi connectivity index (χ3n) is 2.29. The van der Waals surface area contributed by atoms with Gasteiger partial charge in [-0.25, -0.2) is 0 Å². The molecule has 1 radical (unpaired) electrons. The van der Waals surface area contributed by atoms with E-state index in [4.69, 9.17) is 4.74 Å². The average molecular weight is 127 g/mol. The number of aliphatic hydroxyl groups is 1. The van der Waals surface area contributed by atoms with Gasteiger partial charge in [0.05, 0.1) is 6.61 Å². The lowest BCUT2D eigenvalue weighted by atomic mass is 9.76. The topological polar surface area (TPSA) is 29.5 Å². The first-order valence-corrected chi connectivity index (χ1v) is 3.53. The molecule has 0 aromatic rings. The molecule has 2 aliphatic rings. The van der Waals surface area contributed by atoms with Crippen molar-refractivity contribution in [1.82, 2.24) is 0 Å². The van der Waals surface area contributed by atoms with Crippen LogP contribution in [-0.4, -0.2) is 17.5 Å². The monoisotopic (exact) mass is 127 g/mol. The Morgan fingerprint density at radius 3 is 2.22 bits per heavy atom. The van der Waals surface area contributed by atoms with Crippen LogP contribution in [0.4, 0.5) is 0 Å². The van der Waals surface area contributed by atoms with E-state index in [9.17, 15) is 5.11 Å². The van der Waals surface area contributed by atoms with Gasteiger partial charge in [-0.1, -0.05) is 6.42 Å². The predicted octanol–water partition coefficient (Wildman–Crippen LogP) is 0.854. The van der Waals surface area contributed by atoms with E-state index in [0.717, 1.165) is 25.9 Å². The molecule has 9 heavy (non-hydrogen) atoms. The maximum Gasteiger partial charge on any atom is 0.173 e. The Morgan fingerprint density at radius 2 is 2.11 bits per heavy atom. The third-order valence-corrected chi connectivity index (χ3v) is 2.29. The number of ether oxygens (including phenoxy) is 1. The molecule has 0 aromatic heterocycles. The normalized spacial score (nSPS) is 43.7. The van der Waals surface area contributed by atoms with Gasteiger partial charge in [0.1, 0.15) is 0 Å². The van der Waals surface area contributed by atoms with Gasteiger partial charge in [-0.3, -0.25) is 0 Å². The number of rotatable bonds is 1. The lowest BCUT2D eigenvalue weighted by Crippen LogP contribution is -2.50. The van der Waals surface area contributed by atoms with Crippen molar-refractivity contribution in [1.29, 1.82) is 0 Å². The highest BCUT2D eigenvalue weighted by molar-refractivity contribution is 5.11. The fourth-order valence-electron chi connectivity index (χ4n) is 1.32. The van der Waals surface area contributed by atoms with E-state index < -0.39 is 5.79 Å². The molecule has 0 aromatic carbocycles. The van der Waals surface area contributed by atoms with Gasteiger partial charge in [0.15, 0.2) is 5.79 Å². The smallest absolute Gasteiger partial charge is 0.173 e. The summed E-state index contributed by atoms with van der Waals surface area (Å²) in [4.78, 5) is 0. The Labute approximate surface area is 54.8 Å². The quantitative estimate of drug-likeness (QED) is 0.566. The molecule has 0 spiro atoms. The fourth-order valence-corrected chi connectivity index (χ4v) is 1.32. The molecule has 2 rings (SSSR count). The fraction of sp³-hybridized carbons (Fsp3) is 0.857. The van der Waals surface area contributed by atoms with Crippen LogP contribution in [0.2, 0.25) is 0 Å². The van der Waals surface area contributed by atoms with Gasteiger partial charge >= 0.3 is 0 Å². The van der Waals surface area contributed by atoms with Gasteiger partial charge in [0, 0.05) is 12.3 Å². The van der Waals surface area contributed by atoms with Gasteiger partial charge in [0.25, 0.3) is 0 Å². The second-order valence-corrected chi connectivity index (χ2v) is 2.84. The van der Waals surface area contributed by atoms with Gasteiger partial charge in [0.2, 0.25) is 0 Å². The van der Waals surface area contributed by atoms with Crippen LogP contribution < -0.4 is 0 Å². The zero-order chi connectivity index (χ0) is 6.32. The summed E-state index contributed by atoms with van der Waals surface area (Å²) in [5.41, 5.74) is 0. The first-order valence-electron chi connectivity index (χ1n) is 3.53. The van der Waals surface area contributed by atoms with Crippen molar-refractivity contribution < 1.29 is 9.84 Å². The molecular weight excluding hydrogens is 116 g/mol. The highest BCUT2D eigenvalue weighted by Crippen LogP contribution is 2.44. The molecule has 2 fully saturated rings. The first kappa shape index (κ1) is 5.69. The van der Waals surface area contributed by atoms with Crippen LogP contribution >= 0.6 is 0 Å². The summed E-state index contributed by atoms with van der Waals surface area (Å²) in [6.07, 6.45) is 4.22. The lowest BCUT2D eigenvalue weighted by molar-refractivity contribution is -0.277. The zero-order valence-electron chi connectivity index (χ0n) is 5.39. The standard InChI is InChI=1S/C7H11O2/c8-7(4-5-9-7)6-2-1-3-6/h8H,1-5H2. The maximum absolute atomic E-state index is 9.47. The van der Waals surface area contributed by atoms with Crippen LogP contribution in [0, 0.1) is 5.92 Å². The van der Waals surface area contributed by atoms with Crippen LogP contribution in [0.5, 0.6) is 0 Å². The van der Waals surface area contributed by atoms with Crippen molar-refractivity contribution in [3.05, 3.63) is 5.92 Å². The van der Waals surface area contributed by atoms with E-state index in [0.29, 0.717) is 0 Å². The minimum absolute atomic E-state index is 0.736. The Bertz CT molecular complexity index is 114. The molecule has 1 saturated carbocycles. The minimum Gasteiger partial charge on any atom is -0.365 e. The summed E-state index contributed by atoms with van der Waals surface area (Å²) < 4.78 is 5.04. The molecule has 1 heterocycles. The van der Waals surface area contributed by atoms with Gasteiger partial charge in [-0.15, -0.1) is 0 Å². The van der Waals surface area contributed by atoms with Crippen LogP contribution in [-0.2, 0) is 4.74 Å². The molecule has 1 aliphatic heterocycles. The third kappa shape index (κ3) is 0.700. The van der Waals surface area contributed by atoms with E-state index in [1.54, 1.807) is 0 Å². The maximum atomic E-state index is 9.47. The van der Waals surface area contributed by atoms with Crippen LogP contribution in [0.15, 0.2) is 0 Å². The van der Waals surface area contributed by atoms with Crippen LogP contribution in [0.3, 0.4) is 0 Å². The summed E-state index contributed by atoms with van der Waals surface area (Å²) in [6, 6.07) is 0. The molecule has 0 bridgehead atoms. The molecule has 2 heteroatoms. The van der Waals surface area contributed by atoms with Crippen LogP contribution in [0.1, 0.15) is 25.7 Å². The summed E-state index contributed by atoms with van der Waals surface area (Å²) in [5, 5.41) is 9.47. The first-order chi connectivity index (χ1) is 4.31.